The van der Waals surface area contributed by atoms with Crippen molar-refractivity contribution in [3.8, 4) is 0 Å². The maximum atomic E-state index is 12.6. The second kappa shape index (κ2) is 7.46. The van der Waals surface area contributed by atoms with Crippen molar-refractivity contribution in [1.29, 1.82) is 0 Å². The van der Waals surface area contributed by atoms with Crippen molar-refractivity contribution < 1.29 is 4.79 Å². The van der Waals surface area contributed by atoms with Crippen LogP contribution in [0.15, 0.2) is 71.1 Å². The SMILES string of the molecule is Cc1cc(NC(=O)CSc2nc3ccccc3s2)c2ccc3ccccc3c2n1. The number of thioether (sulfide) groups is 1. The average molecular weight is 416 g/mol. The van der Waals surface area contributed by atoms with Crippen LogP contribution in [0.4, 0.5) is 5.69 Å². The van der Waals surface area contributed by atoms with E-state index in [2.05, 4.69) is 28.5 Å². The van der Waals surface area contributed by atoms with E-state index in [9.17, 15) is 4.79 Å². The highest BCUT2D eigenvalue weighted by Crippen LogP contribution is 2.31. The van der Waals surface area contributed by atoms with Gasteiger partial charge in [-0.3, -0.25) is 9.78 Å². The first-order valence-electron chi connectivity index (χ1n) is 9.25. The van der Waals surface area contributed by atoms with Gasteiger partial charge < -0.3 is 5.32 Å². The number of pyridine rings is 1. The highest BCUT2D eigenvalue weighted by molar-refractivity contribution is 8.01. The van der Waals surface area contributed by atoms with Crippen LogP contribution in [0.2, 0.25) is 0 Å². The topological polar surface area (TPSA) is 54.9 Å². The molecule has 5 rings (SSSR count). The summed E-state index contributed by atoms with van der Waals surface area (Å²) in [5.41, 5.74) is 3.57. The van der Waals surface area contributed by atoms with Gasteiger partial charge in [0.1, 0.15) is 0 Å². The molecule has 0 saturated heterocycles. The van der Waals surface area contributed by atoms with Crippen LogP contribution < -0.4 is 5.32 Å². The van der Waals surface area contributed by atoms with Gasteiger partial charge in [-0.25, -0.2) is 4.98 Å². The molecule has 142 valence electrons. The van der Waals surface area contributed by atoms with Gasteiger partial charge in [0.2, 0.25) is 5.91 Å². The van der Waals surface area contributed by atoms with Crippen LogP contribution in [0.1, 0.15) is 5.69 Å². The second-order valence-electron chi connectivity index (χ2n) is 6.78. The molecule has 0 aliphatic carbocycles. The molecule has 4 nitrogen and oxygen atoms in total. The summed E-state index contributed by atoms with van der Waals surface area (Å²) in [4.78, 5) is 22.0. The summed E-state index contributed by atoms with van der Waals surface area (Å²) in [7, 11) is 0. The Hall–Kier alpha value is -2.96. The van der Waals surface area contributed by atoms with E-state index in [-0.39, 0.29) is 5.91 Å². The molecule has 0 aliphatic rings. The number of hydrogen-bond acceptors (Lipinski definition) is 5. The third kappa shape index (κ3) is 3.57. The first kappa shape index (κ1) is 18.1. The summed E-state index contributed by atoms with van der Waals surface area (Å²) in [6, 6.07) is 22.2. The number of carbonyl (C=O) groups is 1. The number of rotatable bonds is 4. The zero-order chi connectivity index (χ0) is 19.8. The molecule has 29 heavy (non-hydrogen) atoms. The fraction of sp³-hybridized carbons (Fsp3) is 0.0870. The van der Waals surface area contributed by atoms with Crippen molar-refractivity contribution in [1.82, 2.24) is 9.97 Å². The van der Waals surface area contributed by atoms with Crippen LogP contribution in [-0.4, -0.2) is 21.6 Å². The summed E-state index contributed by atoms with van der Waals surface area (Å²) >= 11 is 3.08. The van der Waals surface area contributed by atoms with Crippen LogP contribution in [0.25, 0.3) is 31.9 Å². The Morgan fingerprint density at radius 3 is 2.72 bits per heavy atom. The van der Waals surface area contributed by atoms with Crippen LogP contribution in [0.3, 0.4) is 0 Å². The number of aromatic nitrogens is 2. The second-order valence-corrected chi connectivity index (χ2v) is 9.03. The monoisotopic (exact) mass is 415 g/mol. The summed E-state index contributed by atoms with van der Waals surface area (Å²) in [5, 5.41) is 6.25. The van der Waals surface area contributed by atoms with Gasteiger partial charge in [0, 0.05) is 16.5 Å². The molecule has 0 aliphatic heterocycles. The quantitative estimate of drug-likeness (QED) is 0.287. The number of carbonyl (C=O) groups excluding carboxylic acids is 1. The fourth-order valence-corrected chi connectivity index (χ4v) is 5.29. The number of amides is 1. The van der Waals surface area contributed by atoms with E-state index in [1.54, 1.807) is 11.3 Å². The third-order valence-corrected chi connectivity index (χ3v) is 6.89. The summed E-state index contributed by atoms with van der Waals surface area (Å²) < 4.78 is 2.04. The molecule has 1 N–H and O–H groups in total. The molecule has 1 amide bonds. The average Bonchev–Trinajstić information content (AvgIpc) is 3.15. The molecule has 5 aromatic rings. The zero-order valence-electron chi connectivity index (χ0n) is 15.7. The minimum Gasteiger partial charge on any atom is -0.325 e. The van der Waals surface area contributed by atoms with E-state index >= 15 is 0 Å². The van der Waals surface area contributed by atoms with E-state index in [4.69, 9.17) is 4.98 Å². The maximum absolute atomic E-state index is 12.6. The fourth-order valence-electron chi connectivity index (χ4n) is 3.42. The lowest BCUT2D eigenvalue weighted by Gasteiger charge is -2.11. The van der Waals surface area contributed by atoms with Crippen molar-refractivity contribution >= 4 is 66.6 Å². The molecule has 0 atom stereocenters. The molecule has 2 heterocycles. The lowest BCUT2D eigenvalue weighted by molar-refractivity contribution is -0.113. The molecule has 0 saturated carbocycles. The normalized spacial score (nSPS) is 11.3. The van der Waals surface area contributed by atoms with Gasteiger partial charge in [-0.15, -0.1) is 11.3 Å². The van der Waals surface area contributed by atoms with Crippen LogP contribution in [-0.2, 0) is 4.79 Å². The van der Waals surface area contributed by atoms with E-state index in [0.29, 0.717) is 5.75 Å². The Morgan fingerprint density at radius 2 is 1.83 bits per heavy atom. The van der Waals surface area contributed by atoms with Gasteiger partial charge >= 0.3 is 0 Å². The number of anilines is 1. The smallest absolute Gasteiger partial charge is 0.234 e. The number of thiazole rings is 1. The zero-order valence-corrected chi connectivity index (χ0v) is 17.3. The number of benzene rings is 3. The Labute approximate surface area is 176 Å². The maximum Gasteiger partial charge on any atom is 0.234 e. The lowest BCUT2D eigenvalue weighted by atomic mass is 10.0. The minimum absolute atomic E-state index is 0.0469. The lowest BCUT2D eigenvalue weighted by Crippen LogP contribution is -2.14. The summed E-state index contributed by atoms with van der Waals surface area (Å²) in [6.07, 6.45) is 0. The Kier molecular flexibility index (Phi) is 4.66. The van der Waals surface area contributed by atoms with Crippen LogP contribution in [0, 0.1) is 6.92 Å². The number of nitrogens with zero attached hydrogens (tertiary/aromatic N) is 2. The largest absolute Gasteiger partial charge is 0.325 e. The van der Waals surface area contributed by atoms with Crippen molar-refractivity contribution in [2.45, 2.75) is 11.3 Å². The van der Waals surface area contributed by atoms with E-state index < -0.39 is 0 Å². The van der Waals surface area contributed by atoms with E-state index in [1.165, 1.54) is 11.8 Å². The molecule has 2 aromatic heterocycles. The Bertz CT molecular complexity index is 1340. The molecule has 3 aromatic carbocycles. The first-order chi connectivity index (χ1) is 14.2. The van der Waals surface area contributed by atoms with Gasteiger partial charge in [0.15, 0.2) is 4.34 Å². The molecular formula is C23H17N3OS2. The third-order valence-electron chi connectivity index (χ3n) is 4.71. The predicted molar refractivity (Wildman–Crippen MR) is 123 cm³/mol. The van der Waals surface area contributed by atoms with Gasteiger partial charge in [-0.2, -0.15) is 0 Å². The van der Waals surface area contributed by atoms with Crippen molar-refractivity contribution in [3.63, 3.8) is 0 Å². The van der Waals surface area contributed by atoms with E-state index in [1.807, 2.05) is 55.5 Å². The number of para-hydroxylation sites is 1. The molecule has 6 heteroatoms. The van der Waals surface area contributed by atoms with Gasteiger partial charge in [0.25, 0.3) is 0 Å². The van der Waals surface area contributed by atoms with Gasteiger partial charge in [0.05, 0.1) is 27.2 Å². The molecular weight excluding hydrogens is 398 g/mol. The molecule has 0 radical (unpaired) electrons. The van der Waals surface area contributed by atoms with Crippen molar-refractivity contribution in [2.75, 3.05) is 11.1 Å². The number of aryl methyl sites for hydroxylation is 1. The Morgan fingerprint density at radius 1 is 1.00 bits per heavy atom. The van der Waals surface area contributed by atoms with Gasteiger partial charge in [-0.1, -0.05) is 60.3 Å². The molecule has 0 spiro atoms. The van der Waals surface area contributed by atoms with Crippen molar-refractivity contribution in [2.24, 2.45) is 0 Å². The first-order valence-corrected chi connectivity index (χ1v) is 11.0. The van der Waals surface area contributed by atoms with Crippen LogP contribution >= 0.6 is 23.1 Å². The van der Waals surface area contributed by atoms with Crippen molar-refractivity contribution in [3.05, 3.63) is 72.4 Å². The molecule has 0 fully saturated rings. The van der Waals surface area contributed by atoms with Gasteiger partial charge in [-0.05, 0) is 30.5 Å². The highest BCUT2D eigenvalue weighted by atomic mass is 32.2. The number of hydrogen-bond donors (Lipinski definition) is 1. The molecule has 0 unspecified atom stereocenters. The van der Waals surface area contributed by atoms with E-state index in [0.717, 1.165) is 47.6 Å². The Balaban J connectivity index is 1.40. The number of nitrogens with one attached hydrogen (secondary N) is 1. The standard InChI is InChI=1S/C23H17N3OS2/c1-14-12-19(17-11-10-15-6-2-3-7-16(15)22(17)24-14)25-21(27)13-28-23-26-18-8-4-5-9-20(18)29-23/h2-12H,13H2,1H3,(H,24,25,27). The predicted octanol–water partition coefficient (Wildman–Crippen LogP) is 6.04. The molecule has 0 bridgehead atoms. The van der Waals surface area contributed by atoms with Crippen LogP contribution in [0.5, 0.6) is 0 Å². The highest BCUT2D eigenvalue weighted by Gasteiger charge is 2.12. The summed E-state index contributed by atoms with van der Waals surface area (Å²) in [5.74, 6) is 0.269. The minimum atomic E-state index is -0.0469. The summed E-state index contributed by atoms with van der Waals surface area (Å²) in [6.45, 7) is 1.95. The number of fused-ring (bicyclic) bond motifs is 4.